The minimum Gasteiger partial charge on any atom is -0.397 e. The molecule has 29 heavy (non-hydrogen) atoms. The Kier molecular flexibility index (Phi) is 5.87. The van der Waals surface area contributed by atoms with Gasteiger partial charge >= 0.3 is 0 Å². The van der Waals surface area contributed by atoms with Crippen LogP contribution in [-0.2, 0) is 9.57 Å². The lowest BCUT2D eigenvalue weighted by molar-refractivity contribution is 0.0666. The number of ether oxygens (including phenoxy) is 1. The van der Waals surface area contributed by atoms with Crippen LogP contribution in [0.15, 0.2) is 57.6 Å². The monoisotopic (exact) mass is 414 g/mol. The van der Waals surface area contributed by atoms with Crippen molar-refractivity contribution in [1.82, 2.24) is 4.90 Å². The zero-order valence-corrected chi connectivity index (χ0v) is 16.7. The Morgan fingerprint density at radius 2 is 1.97 bits per heavy atom. The van der Waals surface area contributed by atoms with Gasteiger partial charge in [0.15, 0.2) is 5.84 Å². The number of nitrogens with zero attached hydrogens (tertiary/aromatic N) is 4. The number of benzene rings is 2. The van der Waals surface area contributed by atoms with Gasteiger partial charge in [0, 0.05) is 29.2 Å². The second kappa shape index (κ2) is 8.71. The number of amidine groups is 1. The first-order valence-electron chi connectivity index (χ1n) is 9.28. The molecule has 0 aliphatic carbocycles. The molecule has 2 aromatic carbocycles. The van der Waals surface area contributed by atoms with Crippen molar-refractivity contribution in [3.05, 3.63) is 64.4 Å². The van der Waals surface area contributed by atoms with Crippen molar-refractivity contribution in [2.24, 2.45) is 15.1 Å². The molecule has 2 aliphatic heterocycles. The van der Waals surface area contributed by atoms with Crippen LogP contribution in [0.5, 0.6) is 0 Å². The number of hydrogen-bond acceptors (Lipinski definition) is 5. The van der Waals surface area contributed by atoms with Crippen LogP contribution in [0.25, 0.3) is 0 Å². The second-order valence-electron chi connectivity index (χ2n) is 6.56. The molecule has 2 heterocycles. The number of morpholine rings is 1. The summed E-state index contributed by atoms with van der Waals surface area (Å²) in [5.74, 6) is 0.259. The van der Waals surface area contributed by atoms with Crippen molar-refractivity contribution in [1.29, 1.82) is 0 Å². The van der Waals surface area contributed by atoms with E-state index in [-0.39, 0.29) is 12.4 Å². The van der Waals surface area contributed by atoms with Gasteiger partial charge in [0.25, 0.3) is 0 Å². The zero-order valence-electron chi connectivity index (χ0n) is 15.9. The zero-order chi connectivity index (χ0) is 20.2. The van der Waals surface area contributed by atoms with Gasteiger partial charge in [0.1, 0.15) is 18.6 Å². The standard InChI is InChI=1S/C21H20ClFN4O2/c1-28-26-21(27-8-10-29-11-9-27)19-13-24-20(15-4-2-3-5-17(15)23)16-12-14(22)6-7-18(16)25-19/h2-7,12H,8-11,13H2,1H3. The minimum atomic E-state index is -0.348. The highest BCUT2D eigenvalue weighted by Gasteiger charge is 2.25. The van der Waals surface area contributed by atoms with Crippen LogP contribution in [-0.4, -0.2) is 62.1 Å². The largest absolute Gasteiger partial charge is 0.397 e. The topological polar surface area (TPSA) is 58.8 Å². The molecule has 6 nitrogen and oxygen atoms in total. The Bertz CT molecular complexity index is 1000. The van der Waals surface area contributed by atoms with E-state index in [0.29, 0.717) is 65.4 Å². The van der Waals surface area contributed by atoms with E-state index < -0.39 is 0 Å². The summed E-state index contributed by atoms with van der Waals surface area (Å²) in [5, 5.41) is 4.74. The summed E-state index contributed by atoms with van der Waals surface area (Å²) in [7, 11) is 1.50. The first-order chi connectivity index (χ1) is 14.2. The Morgan fingerprint density at radius 1 is 1.17 bits per heavy atom. The average molecular weight is 415 g/mol. The number of hydrogen-bond donors (Lipinski definition) is 0. The van der Waals surface area contributed by atoms with Gasteiger partial charge in [-0.2, -0.15) is 0 Å². The predicted molar refractivity (Wildman–Crippen MR) is 112 cm³/mol. The third kappa shape index (κ3) is 4.16. The SMILES string of the molecule is CON=C(C1=Nc2ccc(Cl)cc2C(c2ccccc2F)=NC1)N1CCOCC1. The van der Waals surface area contributed by atoms with E-state index in [1.807, 2.05) is 6.07 Å². The highest BCUT2D eigenvalue weighted by molar-refractivity contribution is 6.43. The van der Waals surface area contributed by atoms with Gasteiger partial charge in [0.2, 0.25) is 0 Å². The number of oxime groups is 1. The van der Waals surface area contributed by atoms with Crippen molar-refractivity contribution in [3.63, 3.8) is 0 Å². The van der Waals surface area contributed by atoms with E-state index in [1.54, 1.807) is 30.3 Å². The van der Waals surface area contributed by atoms with E-state index in [9.17, 15) is 4.39 Å². The smallest absolute Gasteiger partial charge is 0.192 e. The number of fused-ring (bicyclic) bond motifs is 1. The molecule has 150 valence electrons. The molecule has 0 N–H and O–H groups in total. The molecule has 2 aliphatic rings. The van der Waals surface area contributed by atoms with Crippen LogP contribution in [0, 0.1) is 5.82 Å². The fourth-order valence-corrected chi connectivity index (χ4v) is 3.55. The number of rotatable bonds is 3. The summed E-state index contributed by atoms with van der Waals surface area (Å²) in [4.78, 5) is 16.7. The molecular formula is C21H20ClFN4O2. The van der Waals surface area contributed by atoms with Crippen LogP contribution in [0.3, 0.4) is 0 Å². The molecule has 0 atom stereocenters. The fraction of sp³-hybridized carbons (Fsp3) is 0.286. The highest BCUT2D eigenvalue weighted by atomic mass is 35.5. The van der Waals surface area contributed by atoms with Gasteiger partial charge in [-0.25, -0.2) is 9.38 Å². The summed E-state index contributed by atoms with van der Waals surface area (Å²) in [6, 6.07) is 11.9. The van der Waals surface area contributed by atoms with Crippen LogP contribution in [0.4, 0.5) is 10.1 Å². The molecule has 0 spiro atoms. The fourth-order valence-electron chi connectivity index (χ4n) is 3.37. The van der Waals surface area contributed by atoms with Crippen molar-refractivity contribution < 1.29 is 14.0 Å². The maximum absolute atomic E-state index is 14.6. The molecule has 0 aromatic heterocycles. The van der Waals surface area contributed by atoms with Crippen molar-refractivity contribution in [2.75, 3.05) is 40.0 Å². The molecule has 0 amide bonds. The van der Waals surface area contributed by atoms with Crippen molar-refractivity contribution in [3.8, 4) is 0 Å². The third-order valence-electron chi connectivity index (χ3n) is 4.73. The van der Waals surface area contributed by atoms with Gasteiger partial charge in [-0.3, -0.25) is 4.99 Å². The summed E-state index contributed by atoms with van der Waals surface area (Å²) in [6.45, 7) is 2.80. The number of halogens is 2. The highest BCUT2D eigenvalue weighted by Crippen LogP contribution is 2.29. The lowest BCUT2D eigenvalue weighted by Gasteiger charge is -2.29. The van der Waals surface area contributed by atoms with Gasteiger partial charge in [-0.1, -0.05) is 28.9 Å². The molecule has 0 saturated carbocycles. The molecular weight excluding hydrogens is 395 g/mol. The molecule has 0 bridgehead atoms. The molecule has 1 fully saturated rings. The summed E-state index contributed by atoms with van der Waals surface area (Å²) < 4.78 is 20.0. The lowest BCUT2D eigenvalue weighted by Crippen LogP contribution is -2.45. The molecule has 4 rings (SSSR count). The molecule has 0 radical (unpaired) electrons. The van der Waals surface area contributed by atoms with E-state index in [0.717, 1.165) is 0 Å². The van der Waals surface area contributed by atoms with Crippen molar-refractivity contribution >= 4 is 34.5 Å². The predicted octanol–water partition coefficient (Wildman–Crippen LogP) is 3.69. The van der Waals surface area contributed by atoms with E-state index in [4.69, 9.17) is 31.2 Å². The van der Waals surface area contributed by atoms with E-state index >= 15 is 0 Å². The lowest BCUT2D eigenvalue weighted by atomic mass is 10.0. The van der Waals surface area contributed by atoms with Crippen molar-refractivity contribution in [2.45, 2.75) is 0 Å². The van der Waals surface area contributed by atoms with Gasteiger partial charge in [-0.15, -0.1) is 0 Å². The minimum absolute atomic E-state index is 0.232. The van der Waals surface area contributed by atoms with Gasteiger partial charge in [-0.05, 0) is 30.3 Å². The van der Waals surface area contributed by atoms with Crippen LogP contribution < -0.4 is 0 Å². The first-order valence-corrected chi connectivity index (χ1v) is 9.66. The normalized spacial score (nSPS) is 17.2. The maximum Gasteiger partial charge on any atom is 0.192 e. The average Bonchev–Trinajstić information content (AvgIpc) is 2.92. The van der Waals surface area contributed by atoms with Crippen LogP contribution in [0.2, 0.25) is 5.02 Å². The number of aliphatic imine (C=N–C) groups is 2. The molecule has 1 saturated heterocycles. The Morgan fingerprint density at radius 3 is 2.72 bits per heavy atom. The molecule has 0 unspecified atom stereocenters. The van der Waals surface area contributed by atoms with E-state index in [2.05, 4.69) is 10.1 Å². The quantitative estimate of drug-likeness (QED) is 0.437. The van der Waals surface area contributed by atoms with Crippen LogP contribution >= 0.6 is 11.6 Å². The van der Waals surface area contributed by atoms with Gasteiger partial charge in [0.05, 0.1) is 31.2 Å². The molecule has 8 heteroatoms. The summed E-state index contributed by atoms with van der Waals surface area (Å²) in [6.07, 6.45) is 0. The summed E-state index contributed by atoms with van der Waals surface area (Å²) in [5.41, 5.74) is 2.89. The third-order valence-corrected chi connectivity index (χ3v) is 4.97. The summed E-state index contributed by atoms with van der Waals surface area (Å²) >= 11 is 6.23. The molecule has 2 aromatic rings. The maximum atomic E-state index is 14.6. The Labute approximate surface area is 173 Å². The Hall–Kier alpha value is -2.77. The Balaban J connectivity index is 1.82. The van der Waals surface area contributed by atoms with Gasteiger partial charge < -0.3 is 14.5 Å². The first kappa shape index (κ1) is 19.5. The second-order valence-corrected chi connectivity index (χ2v) is 7.00. The van der Waals surface area contributed by atoms with E-state index in [1.165, 1.54) is 13.2 Å². The van der Waals surface area contributed by atoms with Crippen LogP contribution in [0.1, 0.15) is 11.1 Å².